The van der Waals surface area contributed by atoms with Crippen molar-refractivity contribution in [1.82, 2.24) is 10.3 Å². The molecule has 1 aromatic heterocycles. The van der Waals surface area contributed by atoms with Crippen molar-refractivity contribution in [3.8, 4) is 0 Å². The van der Waals surface area contributed by atoms with Gasteiger partial charge in [0.15, 0.2) is 0 Å². The SMILES string of the molecule is O=C(O)CCC(NC(=O)c1ccncc1)c1ccc(F)cc1. The Labute approximate surface area is 126 Å². The minimum atomic E-state index is -0.953. The number of carboxylic acid groups (broad SMARTS) is 1. The summed E-state index contributed by atoms with van der Waals surface area (Å²) in [7, 11) is 0. The Morgan fingerprint density at radius 2 is 1.77 bits per heavy atom. The van der Waals surface area contributed by atoms with Crippen molar-refractivity contribution < 1.29 is 19.1 Å². The van der Waals surface area contributed by atoms with E-state index in [1.165, 1.54) is 36.7 Å². The average Bonchev–Trinajstić information content (AvgIpc) is 2.53. The highest BCUT2D eigenvalue weighted by Crippen LogP contribution is 2.19. The third kappa shape index (κ3) is 4.37. The van der Waals surface area contributed by atoms with E-state index >= 15 is 0 Å². The van der Waals surface area contributed by atoms with Crippen LogP contribution in [0.2, 0.25) is 0 Å². The minimum absolute atomic E-state index is 0.0985. The zero-order valence-corrected chi connectivity index (χ0v) is 11.7. The first kappa shape index (κ1) is 15.6. The molecule has 0 radical (unpaired) electrons. The van der Waals surface area contributed by atoms with Crippen LogP contribution in [0.25, 0.3) is 0 Å². The van der Waals surface area contributed by atoms with E-state index in [4.69, 9.17) is 5.11 Å². The molecule has 0 spiro atoms. The van der Waals surface area contributed by atoms with Crippen molar-refractivity contribution in [3.63, 3.8) is 0 Å². The number of benzene rings is 1. The molecule has 2 N–H and O–H groups in total. The van der Waals surface area contributed by atoms with Gasteiger partial charge in [0, 0.05) is 24.4 Å². The van der Waals surface area contributed by atoms with Gasteiger partial charge < -0.3 is 10.4 Å². The van der Waals surface area contributed by atoms with Gasteiger partial charge >= 0.3 is 5.97 Å². The summed E-state index contributed by atoms with van der Waals surface area (Å²) in [5, 5.41) is 11.6. The van der Waals surface area contributed by atoms with Gasteiger partial charge in [-0.1, -0.05) is 12.1 Å². The number of nitrogens with zero attached hydrogens (tertiary/aromatic N) is 1. The molecule has 0 fully saturated rings. The molecule has 5 nitrogen and oxygen atoms in total. The predicted molar refractivity (Wildman–Crippen MR) is 77.7 cm³/mol. The molecular formula is C16H15FN2O3. The maximum atomic E-state index is 13.0. The Balaban J connectivity index is 2.15. The fourth-order valence-electron chi connectivity index (χ4n) is 2.03. The Morgan fingerprint density at radius 3 is 2.36 bits per heavy atom. The van der Waals surface area contributed by atoms with Gasteiger partial charge in [0.05, 0.1) is 6.04 Å². The number of rotatable bonds is 6. The highest BCUT2D eigenvalue weighted by Gasteiger charge is 2.17. The number of aromatic nitrogens is 1. The predicted octanol–water partition coefficient (Wildman–Crippen LogP) is 2.56. The van der Waals surface area contributed by atoms with Gasteiger partial charge in [-0.05, 0) is 36.2 Å². The van der Waals surface area contributed by atoms with Gasteiger partial charge in [0.25, 0.3) is 5.91 Å². The normalized spacial score (nSPS) is 11.7. The van der Waals surface area contributed by atoms with Crippen LogP contribution in [0, 0.1) is 5.82 Å². The van der Waals surface area contributed by atoms with Gasteiger partial charge in [0.2, 0.25) is 0 Å². The highest BCUT2D eigenvalue weighted by atomic mass is 19.1. The molecule has 0 aliphatic heterocycles. The molecule has 1 unspecified atom stereocenters. The number of pyridine rings is 1. The second kappa shape index (κ2) is 7.31. The summed E-state index contributed by atoms with van der Waals surface area (Å²) in [4.78, 5) is 26.8. The van der Waals surface area contributed by atoms with Crippen LogP contribution in [0.5, 0.6) is 0 Å². The van der Waals surface area contributed by atoms with Gasteiger partial charge in [-0.15, -0.1) is 0 Å². The number of carboxylic acids is 1. The van der Waals surface area contributed by atoms with E-state index in [-0.39, 0.29) is 24.6 Å². The van der Waals surface area contributed by atoms with Crippen LogP contribution in [-0.4, -0.2) is 22.0 Å². The first-order chi connectivity index (χ1) is 10.6. The van der Waals surface area contributed by atoms with E-state index in [9.17, 15) is 14.0 Å². The van der Waals surface area contributed by atoms with Crippen LogP contribution in [0.3, 0.4) is 0 Å². The van der Waals surface area contributed by atoms with Crippen LogP contribution < -0.4 is 5.32 Å². The molecule has 0 aliphatic rings. The fourth-order valence-corrected chi connectivity index (χ4v) is 2.03. The van der Waals surface area contributed by atoms with Gasteiger partial charge in [0.1, 0.15) is 5.82 Å². The number of carbonyl (C=O) groups is 2. The lowest BCUT2D eigenvalue weighted by atomic mass is 10.0. The maximum Gasteiger partial charge on any atom is 0.303 e. The molecule has 1 atom stereocenters. The molecular weight excluding hydrogens is 287 g/mol. The summed E-state index contributed by atoms with van der Waals surface area (Å²) in [6.45, 7) is 0. The van der Waals surface area contributed by atoms with Gasteiger partial charge in [-0.3, -0.25) is 14.6 Å². The highest BCUT2D eigenvalue weighted by molar-refractivity contribution is 5.94. The van der Waals surface area contributed by atoms with Crippen LogP contribution in [0.15, 0.2) is 48.8 Å². The van der Waals surface area contributed by atoms with Crippen molar-refractivity contribution in [2.24, 2.45) is 0 Å². The molecule has 0 saturated carbocycles. The van der Waals surface area contributed by atoms with E-state index in [1.54, 1.807) is 12.1 Å². The number of nitrogens with one attached hydrogen (secondary N) is 1. The van der Waals surface area contributed by atoms with Gasteiger partial charge in [-0.2, -0.15) is 0 Å². The van der Waals surface area contributed by atoms with Crippen LogP contribution in [0.1, 0.15) is 34.8 Å². The van der Waals surface area contributed by atoms with Crippen molar-refractivity contribution in [2.45, 2.75) is 18.9 Å². The summed E-state index contributed by atoms with van der Waals surface area (Å²) in [5.41, 5.74) is 1.09. The zero-order chi connectivity index (χ0) is 15.9. The summed E-state index contributed by atoms with van der Waals surface area (Å²) in [5.74, 6) is -1.67. The molecule has 114 valence electrons. The van der Waals surface area contributed by atoms with E-state index in [0.29, 0.717) is 11.1 Å². The first-order valence-corrected chi connectivity index (χ1v) is 6.74. The monoisotopic (exact) mass is 302 g/mol. The summed E-state index contributed by atoms with van der Waals surface area (Å²) in [6.07, 6.45) is 3.12. The standard InChI is InChI=1S/C16H15FN2O3/c17-13-3-1-11(2-4-13)14(5-6-15(20)21)19-16(22)12-7-9-18-10-8-12/h1-4,7-10,14H,5-6H2,(H,19,22)(H,20,21). The average molecular weight is 302 g/mol. The summed E-state index contributed by atoms with van der Waals surface area (Å²) in [6, 6.07) is 8.26. The number of hydrogen-bond donors (Lipinski definition) is 2. The molecule has 0 bridgehead atoms. The maximum absolute atomic E-state index is 13.0. The Morgan fingerprint density at radius 1 is 1.14 bits per heavy atom. The molecule has 0 saturated heterocycles. The van der Waals surface area contributed by atoms with Crippen molar-refractivity contribution >= 4 is 11.9 Å². The van der Waals surface area contributed by atoms with Crippen LogP contribution in [-0.2, 0) is 4.79 Å². The molecule has 2 aromatic rings. The third-order valence-electron chi connectivity index (χ3n) is 3.17. The number of carbonyl (C=O) groups excluding carboxylic acids is 1. The van der Waals surface area contributed by atoms with E-state index in [0.717, 1.165) is 0 Å². The Hall–Kier alpha value is -2.76. The Kier molecular flexibility index (Phi) is 5.19. The minimum Gasteiger partial charge on any atom is -0.481 e. The second-order valence-electron chi connectivity index (χ2n) is 4.75. The lowest BCUT2D eigenvalue weighted by molar-refractivity contribution is -0.137. The lowest BCUT2D eigenvalue weighted by Gasteiger charge is -2.18. The molecule has 22 heavy (non-hydrogen) atoms. The number of hydrogen-bond acceptors (Lipinski definition) is 3. The molecule has 2 rings (SSSR count). The topological polar surface area (TPSA) is 79.3 Å². The van der Waals surface area contributed by atoms with Crippen molar-refractivity contribution in [3.05, 3.63) is 65.7 Å². The molecule has 1 heterocycles. The molecule has 1 amide bonds. The fraction of sp³-hybridized carbons (Fsp3) is 0.188. The lowest BCUT2D eigenvalue weighted by Crippen LogP contribution is -2.29. The number of halogens is 1. The number of aliphatic carboxylic acids is 1. The number of amides is 1. The van der Waals surface area contributed by atoms with E-state index in [2.05, 4.69) is 10.3 Å². The smallest absolute Gasteiger partial charge is 0.303 e. The largest absolute Gasteiger partial charge is 0.481 e. The first-order valence-electron chi connectivity index (χ1n) is 6.74. The molecule has 1 aromatic carbocycles. The zero-order valence-electron chi connectivity index (χ0n) is 11.7. The quantitative estimate of drug-likeness (QED) is 0.859. The molecule has 0 aliphatic carbocycles. The van der Waals surface area contributed by atoms with Crippen molar-refractivity contribution in [2.75, 3.05) is 0 Å². The van der Waals surface area contributed by atoms with Gasteiger partial charge in [-0.25, -0.2) is 4.39 Å². The summed E-state index contributed by atoms with van der Waals surface area (Å²) < 4.78 is 13.0. The second-order valence-corrected chi connectivity index (χ2v) is 4.75. The van der Waals surface area contributed by atoms with Crippen molar-refractivity contribution in [1.29, 1.82) is 0 Å². The Bertz CT molecular complexity index is 644. The molecule has 6 heteroatoms. The third-order valence-corrected chi connectivity index (χ3v) is 3.17. The van der Waals surface area contributed by atoms with E-state index < -0.39 is 12.0 Å². The van der Waals surface area contributed by atoms with Crippen LogP contribution >= 0.6 is 0 Å². The summed E-state index contributed by atoms with van der Waals surface area (Å²) >= 11 is 0. The van der Waals surface area contributed by atoms with E-state index in [1.807, 2.05) is 0 Å². The van der Waals surface area contributed by atoms with Crippen LogP contribution in [0.4, 0.5) is 4.39 Å².